The summed E-state index contributed by atoms with van der Waals surface area (Å²) in [5.41, 5.74) is 0. The van der Waals surface area contributed by atoms with E-state index in [2.05, 4.69) is 6.92 Å². The van der Waals surface area contributed by atoms with Crippen LogP contribution in [0.3, 0.4) is 0 Å². The van der Waals surface area contributed by atoms with Crippen molar-refractivity contribution in [1.29, 1.82) is 0 Å². The molecule has 0 spiro atoms. The highest BCUT2D eigenvalue weighted by Gasteiger charge is 2.10. The van der Waals surface area contributed by atoms with Gasteiger partial charge in [-0.3, -0.25) is 0 Å². The minimum absolute atomic E-state index is 0.632. The van der Waals surface area contributed by atoms with Crippen LogP contribution in [-0.2, 0) is 14.2 Å². The van der Waals surface area contributed by atoms with Crippen molar-refractivity contribution in [3.8, 4) is 0 Å². The molecule has 0 aromatic carbocycles. The summed E-state index contributed by atoms with van der Waals surface area (Å²) in [6.45, 7) is 7.17. The fraction of sp³-hybridized carbons (Fsp3) is 1.00. The van der Waals surface area contributed by atoms with Crippen LogP contribution in [0.2, 0.25) is 0 Å². The predicted molar refractivity (Wildman–Crippen MR) is 132 cm³/mol. The molecule has 1 unspecified atom stereocenters. The van der Waals surface area contributed by atoms with Crippen molar-refractivity contribution < 1.29 is 14.2 Å². The van der Waals surface area contributed by atoms with Crippen LogP contribution in [-0.4, -0.2) is 62.1 Å². The van der Waals surface area contributed by atoms with Crippen molar-refractivity contribution in [2.75, 3.05) is 56.9 Å². The molecule has 1 fully saturated rings. The van der Waals surface area contributed by atoms with E-state index in [0.29, 0.717) is 5.25 Å². The normalized spacial score (nSPS) is 20.8. The van der Waals surface area contributed by atoms with Crippen LogP contribution in [0, 0.1) is 0 Å². The van der Waals surface area contributed by atoms with Crippen LogP contribution in [0.25, 0.3) is 0 Å². The van der Waals surface area contributed by atoms with Crippen LogP contribution < -0.4 is 0 Å². The third kappa shape index (κ3) is 20.2. The molecule has 1 atom stereocenters. The molecule has 1 rings (SSSR count). The Bertz CT molecular complexity index is 303. The molecule has 5 heteroatoms. The molecule has 0 amide bonds. The molecule has 0 bridgehead atoms. The molecule has 1 saturated heterocycles. The van der Waals surface area contributed by atoms with Crippen LogP contribution in [0.5, 0.6) is 0 Å². The standard InChI is InChI=1S/C24H48O3S2/c1-2-3-4-5-6-7-8-9-10-11-12-13-14-24-23-27-18-21-28-20-17-25-15-16-26-19-22-29-24/h24H,2-23H2,1H3. The van der Waals surface area contributed by atoms with Crippen LogP contribution in [0.15, 0.2) is 0 Å². The minimum atomic E-state index is 0.632. The Balaban J connectivity index is 1.99. The molecule has 0 N–H and O–H groups in total. The zero-order valence-electron chi connectivity index (χ0n) is 19.2. The number of rotatable bonds is 13. The summed E-state index contributed by atoms with van der Waals surface area (Å²) in [6.07, 6.45) is 18.3. The summed E-state index contributed by atoms with van der Waals surface area (Å²) >= 11 is 3.96. The van der Waals surface area contributed by atoms with Gasteiger partial charge in [0.2, 0.25) is 0 Å². The molecule has 1 aliphatic heterocycles. The lowest BCUT2D eigenvalue weighted by Crippen LogP contribution is -2.15. The summed E-state index contributed by atoms with van der Waals surface area (Å²) < 4.78 is 17.2. The van der Waals surface area contributed by atoms with Gasteiger partial charge in [0.15, 0.2) is 0 Å². The first-order chi connectivity index (χ1) is 14.4. The van der Waals surface area contributed by atoms with Crippen molar-refractivity contribution in [3.63, 3.8) is 0 Å². The van der Waals surface area contributed by atoms with Crippen molar-refractivity contribution >= 4 is 23.5 Å². The van der Waals surface area contributed by atoms with Gasteiger partial charge >= 0.3 is 0 Å². The average molecular weight is 449 g/mol. The van der Waals surface area contributed by atoms with Crippen molar-refractivity contribution in [2.45, 2.75) is 95.6 Å². The van der Waals surface area contributed by atoms with Gasteiger partial charge < -0.3 is 14.2 Å². The smallest absolute Gasteiger partial charge is 0.0700 e. The van der Waals surface area contributed by atoms with Crippen molar-refractivity contribution in [3.05, 3.63) is 0 Å². The second-order valence-corrected chi connectivity index (χ2v) is 10.7. The molecular formula is C24H48O3S2. The third-order valence-electron chi connectivity index (χ3n) is 5.38. The fourth-order valence-corrected chi connectivity index (χ4v) is 5.32. The molecule has 1 aliphatic rings. The number of hydrogen-bond acceptors (Lipinski definition) is 5. The highest BCUT2D eigenvalue weighted by Crippen LogP contribution is 2.20. The molecular weight excluding hydrogens is 400 g/mol. The Kier molecular flexibility index (Phi) is 22.1. The Hall–Kier alpha value is 0.580. The highest BCUT2D eigenvalue weighted by atomic mass is 32.2. The second kappa shape index (κ2) is 23.2. The lowest BCUT2D eigenvalue weighted by atomic mass is 10.0. The molecule has 3 nitrogen and oxygen atoms in total. The number of unbranched alkanes of at least 4 members (excludes halogenated alkanes) is 11. The lowest BCUT2D eigenvalue weighted by molar-refractivity contribution is 0.0605. The van der Waals surface area contributed by atoms with Crippen LogP contribution >= 0.6 is 23.5 Å². The van der Waals surface area contributed by atoms with Gasteiger partial charge in [-0.05, 0) is 6.42 Å². The van der Waals surface area contributed by atoms with E-state index >= 15 is 0 Å². The Morgan fingerprint density at radius 1 is 0.586 bits per heavy atom. The summed E-state index contributed by atoms with van der Waals surface area (Å²) in [5.74, 6) is 3.21. The first-order valence-corrected chi connectivity index (χ1v) is 14.6. The maximum absolute atomic E-state index is 5.96. The Labute approximate surface area is 190 Å². The van der Waals surface area contributed by atoms with Gasteiger partial charge in [-0.25, -0.2) is 0 Å². The molecule has 29 heavy (non-hydrogen) atoms. The van der Waals surface area contributed by atoms with Gasteiger partial charge in [-0.1, -0.05) is 84.0 Å². The lowest BCUT2D eigenvalue weighted by Gasteiger charge is -2.17. The molecule has 0 radical (unpaired) electrons. The fourth-order valence-electron chi connectivity index (χ4n) is 3.58. The topological polar surface area (TPSA) is 27.7 Å². The molecule has 0 aromatic rings. The van der Waals surface area contributed by atoms with Gasteiger partial charge in [-0.2, -0.15) is 23.5 Å². The van der Waals surface area contributed by atoms with E-state index in [1.165, 1.54) is 83.5 Å². The van der Waals surface area contributed by atoms with Gasteiger partial charge in [0.05, 0.1) is 39.6 Å². The molecule has 0 aliphatic carbocycles. The van der Waals surface area contributed by atoms with Crippen molar-refractivity contribution in [1.82, 2.24) is 0 Å². The predicted octanol–water partition coefficient (Wildman–Crippen LogP) is 6.98. The van der Waals surface area contributed by atoms with Crippen LogP contribution in [0.4, 0.5) is 0 Å². The van der Waals surface area contributed by atoms with E-state index in [1.54, 1.807) is 0 Å². The zero-order chi connectivity index (χ0) is 20.7. The largest absolute Gasteiger partial charge is 0.379 e. The maximum atomic E-state index is 5.96. The van der Waals surface area contributed by atoms with E-state index in [0.717, 1.165) is 56.9 Å². The van der Waals surface area contributed by atoms with Crippen molar-refractivity contribution in [2.24, 2.45) is 0 Å². The van der Waals surface area contributed by atoms with E-state index in [1.807, 2.05) is 23.5 Å². The Morgan fingerprint density at radius 3 is 1.72 bits per heavy atom. The first-order valence-electron chi connectivity index (χ1n) is 12.4. The molecule has 0 saturated carbocycles. The number of thioether (sulfide) groups is 2. The molecule has 1 heterocycles. The Morgan fingerprint density at radius 2 is 1.10 bits per heavy atom. The maximum Gasteiger partial charge on any atom is 0.0700 e. The summed E-state index contributed by atoms with van der Waals surface area (Å²) in [7, 11) is 0. The van der Waals surface area contributed by atoms with E-state index < -0.39 is 0 Å². The van der Waals surface area contributed by atoms with Gasteiger partial charge in [0, 0.05) is 22.5 Å². The zero-order valence-corrected chi connectivity index (χ0v) is 20.8. The van der Waals surface area contributed by atoms with Gasteiger partial charge in [-0.15, -0.1) is 0 Å². The number of hydrogen-bond donors (Lipinski definition) is 0. The highest BCUT2D eigenvalue weighted by molar-refractivity contribution is 8.00. The molecule has 174 valence electrons. The summed E-state index contributed by atoms with van der Waals surface area (Å²) in [4.78, 5) is 0. The number of ether oxygens (including phenoxy) is 3. The van der Waals surface area contributed by atoms with Crippen LogP contribution in [0.1, 0.15) is 90.4 Å². The quantitative estimate of drug-likeness (QED) is 0.283. The average Bonchev–Trinajstić information content (AvgIpc) is 2.74. The van der Waals surface area contributed by atoms with E-state index in [9.17, 15) is 0 Å². The van der Waals surface area contributed by atoms with E-state index in [4.69, 9.17) is 14.2 Å². The third-order valence-corrected chi connectivity index (χ3v) is 7.54. The van der Waals surface area contributed by atoms with Gasteiger partial charge in [0.1, 0.15) is 0 Å². The second-order valence-electron chi connectivity index (χ2n) is 8.08. The molecule has 0 aromatic heterocycles. The monoisotopic (exact) mass is 448 g/mol. The summed E-state index contributed by atoms with van der Waals surface area (Å²) in [5, 5.41) is 0.632. The SMILES string of the molecule is CCCCCCCCCCCCCCC1COCCSCCOCCOCCS1. The van der Waals surface area contributed by atoms with Gasteiger partial charge in [0.25, 0.3) is 0 Å². The minimum Gasteiger partial charge on any atom is -0.379 e. The van der Waals surface area contributed by atoms with E-state index in [-0.39, 0.29) is 0 Å². The first kappa shape index (κ1) is 27.6. The summed E-state index contributed by atoms with van der Waals surface area (Å²) in [6, 6.07) is 0.